The number of ether oxygens (including phenoxy) is 1. The number of carbonyl (C=O) groups is 1. The molecule has 2 rings (SSSR count). The van der Waals surface area contributed by atoms with Crippen LogP contribution in [-0.2, 0) is 6.42 Å². The highest BCUT2D eigenvalue weighted by Crippen LogP contribution is 2.12. The third kappa shape index (κ3) is 3.75. The van der Waals surface area contributed by atoms with E-state index >= 15 is 0 Å². The molecule has 104 valence electrons. The van der Waals surface area contributed by atoms with Gasteiger partial charge in [0.1, 0.15) is 11.5 Å². The Balaban J connectivity index is 1.84. The molecule has 2 aromatic carbocycles. The molecule has 0 aromatic heterocycles. The number of hydrogen-bond donors (Lipinski definition) is 2. The highest BCUT2D eigenvalue weighted by atomic mass is 16.5. The molecular weight excluding hydrogens is 254 g/mol. The lowest BCUT2D eigenvalue weighted by atomic mass is 10.1. The third-order valence-electron chi connectivity index (χ3n) is 2.97. The molecule has 2 N–H and O–H groups in total. The normalized spacial score (nSPS) is 10.1. The van der Waals surface area contributed by atoms with Gasteiger partial charge in [-0.05, 0) is 42.3 Å². The maximum Gasteiger partial charge on any atom is 0.251 e. The summed E-state index contributed by atoms with van der Waals surface area (Å²) in [5.74, 6) is 0.722. The van der Waals surface area contributed by atoms with Gasteiger partial charge < -0.3 is 15.2 Å². The minimum absolute atomic E-state index is 0.0906. The predicted octanol–water partition coefficient (Wildman–Crippen LogP) is 2.37. The van der Waals surface area contributed by atoms with Crippen LogP contribution in [0.5, 0.6) is 11.5 Å². The second-order valence-electron chi connectivity index (χ2n) is 4.40. The van der Waals surface area contributed by atoms with Gasteiger partial charge in [-0.25, -0.2) is 0 Å². The van der Waals surface area contributed by atoms with Crippen LogP contribution in [0.2, 0.25) is 0 Å². The van der Waals surface area contributed by atoms with E-state index in [1.807, 2.05) is 24.3 Å². The summed E-state index contributed by atoms with van der Waals surface area (Å²) in [6.45, 7) is 0.542. The van der Waals surface area contributed by atoms with E-state index in [0.29, 0.717) is 12.1 Å². The molecule has 0 atom stereocenters. The molecule has 0 saturated heterocycles. The van der Waals surface area contributed by atoms with E-state index in [-0.39, 0.29) is 11.7 Å². The lowest BCUT2D eigenvalue weighted by Crippen LogP contribution is -2.25. The summed E-state index contributed by atoms with van der Waals surface area (Å²) in [7, 11) is 1.63. The number of benzene rings is 2. The zero-order chi connectivity index (χ0) is 14.4. The van der Waals surface area contributed by atoms with Crippen molar-refractivity contribution in [3.8, 4) is 11.5 Å². The maximum absolute atomic E-state index is 11.8. The van der Waals surface area contributed by atoms with Crippen molar-refractivity contribution in [2.45, 2.75) is 6.42 Å². The number of rotatable bonds is 5. The van der Waals surface area contributed by atoms with Gasteiger partial charge in [0.15, 0.2) is 0 Å². The fraction of sp³-hybridized carbons (Fsp3) is 0.188. The van der Waals surface area contributed by atoms with Gasteiger partial charge >= 0.3 is 0 Å². The van der Waals surface area contributed by atoms with E-state index in [2.05, 4.69) is 5.32 Å². The zero-order valence-electron chi connectivity index (χ0n) is 11.3. The minimum atomic E-state index is -0.186. The Morgan fingerprint density at radius 2 is 1.95 bits per heavy atom. The van der Waals surface area contributed by atoms with Crippen molar-refractivity contribution in [1.29, 1.82) is 0 Å². The minimum Gasteiger partial charge on any atom is -0.508 e. The first-order valence-corrected chi connectivity index (χ1v) is 6.39. The molecular formula is C16H17NO3. The standard InChI is InChI=1S/C16H17NO3/c1-20-15-7-5-12(6-8-15)9-10-17-16(19)13-3-2-4-14(18)11-13/h2-8,11,18H,9-10H2,1H3,(H,17,19). The predicted molar refractivity (Wildman–Crippen MR) is 77.1 cm³/mol. The summed E-state index contributed by atoms with van der Waals surface area (Å²) in [5, 5.41) is 12.1. The fourth-order valence-electron chi connectivity index (χ4n) is 1.86. The van der Waals surface area contributed by atoms with Crippen LogP contribution >= 0.6 is 0 Å². The summed E-state index contributed by atoms with van der Waals surface area (Å²) in [4.78, 5) is 11.8. The molecule has 0 saturated carbocycles. The van der Waals surface area contributed by atoms with Crippen molar-refractivity contribution < 1.29 is 14.6 Å². The Morgan fingerprint density at radius 3 is 2.60 bits per heavy atom. The molecule has 0 aliphatic rings. The summed E-state index contributed by atoms with van der Waals surface area (Å²) in [6, 6.07) is 14.0. The number of phenolic OH excluding ortho intramolecular Hbond substituents is 1. The molecule has 2 aromatic rings. The molecule has 0 radical (unpaired) electrons. The largest absolute Gasteiger partial charge is 0.508 e. The van der Waals surface area contributed by atoms with Gasteiger partial charge in [0.2, 0.25) is 0 Å². The van der Waals surface area contributed by atoms with Gasteiger partial charge in [0.25, 0.3) is 5.91 Å². The van der Waals surface area contributed by atoms with Gasteiger partial charge in [-0.1, -0.05) is 18.2 Å². The van der Waals surface area contributed by atoms with E-state index < -0.39 is 0 Å². The molecule has 4 heteroatoms. The first kappa shape index (κ1) is 13.9. The Morgan fingerprint density at radius 1 is 1.20 bits per heavy atom. The second kappa shape index (κ2) is 6.61. The average molecular weight is 271 g/mol. The van der Waals surface area contributed by atoms with Gasteiger partial charge in [0, 0.05) is 12.1 Å². The number of hydrogen-bond acceptors (Lipinski definition) is 3. The Hall–Kier alpha value is -2.49. The highest BCUT2D eigenvalue weighted by Gasteiger charge is 2.05. The number of phenols is 1. The van der Waals surface area contributed by atoms with Crippen molar-refractivity contribution in [1.82, 2.24) is 5.32 Å². The highest BCUT2D eigenvalue weighted by molar-refractivity contribution is 5.94. The van der Waals surface area contributed by atoms with E-state index in [1.54, 1.807) is 19.2 Å². The topological polar surface area (TPSA) is 58.6 Å². The van der Waals surface area contributed by atoms with Gasteiger partial charge in [-0.2, -0.15) is 0 Å². The maximum atomic E-state index is 11.8. The average Bonchev–Trinajstić information content (AvgIpc) is 2.48. The molecule has 0 aliphatic carbocycles. The Kier molecular flexibility index (Phi) is 4.60. The molecule has 0 bridgehead atoms. The van der Waals surface area contributed by atoms with Crippen molar-refractivity contribution in [3.63, 3.8) is 0 Å². The van der Waals surface area contributed by atoms with Crippen molar-refractivity contribution in [3.05, 3.63) is 59.7 Å². The van der Waals surface area contributed by atoms with Crippen molar-refractivity contribution >= 4 is 5.91 Å². The van der Waals surface area contributed by atoms with Crippen LogP contribution in [0.1, 0.15) is 15.9 Å². The first-order chi connectivity index (χ1) is 9.69. The van der Waals surface area contributed by atoms with Gasteiger partial charge in [-0.3, -0.25) is 4.79 Å². The monoisotopic (exact) mass is 271 g/mol. The number of aromatic hydroxyl groups is 1. The second-order valence-corrected chi connectivity index (χ2v) is 4.40. The molecule has 0 fully saturated rings. The van der Waals surface area contributed by atoms with E-state index in [4.69, 9.17) is 4.74 Å². The van der Waals surface area contributed by atoms with Gasteiger partial charge in [-0.15, -0.1) is 0 Å². The van der Waals surface area contributed by atoms with Crippen molar-refractivity contribution in [2.75, 3.05) is 13.7 Å². The molecule has 0 unspecified atom stereocenters. The molecule has 20 heavy (non-hydrogen) atoms. The molecule has 0 spiro atoms. The summed E-state index contributed by atoms with van der Waals surface area (Å²) in [5.41, 5.74) is 1.58. The summed E-state index contributed by atoms with van der Waals surface area (Å²) >= 11 is 0. The number of methoxy groups -OCH3 is 1. The molecule has 4 nitrogen and oxygen atoms in total. The zero-order valence-corrected chi connectivity index (χ0v) is 11.3. The number of carbonyl (C=O) groups excluding carboxylic acids is 1. The van der Waals surface area contributed by atoms with Crippen LogP contribution in [0.4, 0.5) is 0 Å². The van der Waals surface area contributed by atoms with Crippen LogP contribution in [0.15, 0.2) is 48.5 Å². The lowest BCUT2D eigenvalue weighted by molar-refractivity contribution is 0.0953. The fourth-order valence-corrected chi connectivity index (χ4v) is 1.86. The molecule has 0 aliphatic heterocycles. The lowest BCUT2D eigenvalue weighted by Gasteiger charge is -2.06. The van der Waals surface area contributed by atoms with E-state index in [1.165, 1.54) is 12.1 Å². The van der Waals surface area contributed by atoms with Crippen LogP contribution in [0.3, 0.4) is 0 Å². The third-order valence-corrected chi connectivity index (χ3v) is 2.97. The van der Waals surface area contributed by atoms with Crippen LogP contribution < -0.4 is 10.1 Å². The van der Waals surface area contributed by atoms with Crippen molar-refractivity contribution in [2.24, 2.45) is 0 Å². The summed E-state index contributed by atoms with van der Waals surface area (Å²) in [6.07, 6.45) is 0.745. The summed E-state index contributed by atoms with van der Waals surface area (Å²) < 4.78 is 5.09. The SMILES string of the molecule is COc1ccc(CCNC(=O)c2cccc(O)c2)cc1. The van der Waals surface area contributed by atoms with Crippen LogP contribution in [0, 0.1) is 0 Å². The Bertz CT molecular complexity index is 579. The smallest absolute Gasteiger partial charge is 0.251 e. The van der Waals surface area contributed by atoms with Gasteiger partial charge in [0.05, 0.1) is 7.11 Å². The number of amides is 1. The van der Waals surface area contributed by atoms with E-state index in [9.17, 15) is 9.90 Å². The first-order valence-electron chi connectivity index (χ1n) is 6.39. The van der Waals surface area contributed by atoms with E-state index in [0.717, 1.165) is 17.7 Å². The van der Waals surface area contributed by atoms with Crippen LogP contribution in [-0.4, -0.2) is 24.7 Å². The number of nitrogens with one attached hydrogen (secondary N) is 1. The molecule has 1 amide bonds. The quantitative estimate of drug-likeness (QED) is 0.877. The van der Waals surface area contributed by atoms with Crippen LogP contribution in [0.25, 0.3) is 0 Å². The molecule has 0 heterocycles. The Labute approximate surface area is 118 Å².